The summed E-state index contributed by atoms with van der Waals surface area (Å²) in [6.07, 6.45) is 8.70. The number of methoxy groups -OCH3 is 1. The lowest BCUT2D eigenvalue weighted by molar-refractivity contribution is 0.415. The van der Waals surface area contributed by atoms with Crippen LogP contribution < -0.4 is 4.74 Å². The zero-order valence-corrected chi connectivity index (χ0v) is 10.6. The first-order valence-corrected chi connectivity index (χ1v) is 6.29. The van der Waals surface area contributed by atoms with Crippen LogP contribution in [0, 0.1) is 11.3 Å². The maximum atomic E-state index is 9.26. The molecule has 92 valence electrons. The predicted molar refractivity (Wildman–Crippen MR) is 73.1 cm³/mol. The highest BCUT2D eigenvalue weighted by atomic mass is 16.5. The Labute approximate surface area is 108 Å². The average molecular weight is 239 g/mol. The van der Waals surface area contributed by atoms with E-state index in [0.29, 0.717) is 0 Å². The third kappa shape index (κ3) is 3.01. The van der Waals surface area contributed by atoms with Gasteiger partial charge in [0.1, 0.15) is 5.75 Å². The van der Waals surface area contributed by atoms with Crippen molar-refractivity contribution in [2.75, 3.05) is 7.11 Å². The Morgan fingerprint density at radius 1 is 1.28 bits per heavy atom. The second kappa shape index (κ2) is 6.07. The fourth-order valence-electron chi connectivity index (χ4n) is 2.15. The summed E-state index contributed by atoms with van der Waals surface area (Å²) in [5, 5.41) is 9.26. The number of hydrogen-bond acceptors (Lipinski definition) is 2. The van der Waals surface area contributed by atoms with E-state index in [2.05, 4.69) is 12.1 Å². The van der Waals surface area contributed by atoms with Gasteiger partial charge in [-0.25, -0.2) is 0 Å². The van der Waals surface area contributed by atoms with Gasteiger partial charge in [0.2, 0.25) is 0 Å². The number of allylic oxidation sites excluding steroid dienone is 3. The SMILES string of the molecule is COc1ccc(/C=C(\C#N)C2=CCCCC2)cc1. The molecule has 18 heavy (non-hydrogen) atoms. The van der Waals surface area contributed by atoms with Crippen molar-refractivity contribution in [3.8, 4) is 11.8 Å². The van der Waals surface area contributed by atoms with Gasteiger partial charge in [-0.2, -0.15) is 5.26 Å². The first kappa shape index (κ1) is 12.4. The molecule has 1 aromatic carbocycles. The van der Waals surface area contributed by atoms with E-state index in [1.165, 1.54) is 18.4 Å². The molecule has 0 spiro atoms. The Balaban J connectivity index is 2.23. The highest BCUT2D eigenvalue weighted by Crippen LogP contribution is 2.25. The first-order valence-electron chi connectivity index (χ1n) is 6.29. The molecule has 0 saturated heterocycles. The fourth-order valence-corrected chi connectivity index (χ4v) is 2.15. The molecule has 1 aliphatic carbocycles. The molecular weight excluding hydrogens is 222 g/mol. The normalized spacial score (nSPS) is 15.8. The van der Waals surface area contributed by atoms with Crippen LogP contribution in [-0.2, 0) is 0 Å². The van der Waals surface area contributed by atoms with Crippen molar-refractivity contribution in [3.05, 3.63) is 47.1 Å². The van der Waals surface area contributed by atoms with Crippen molar-refractivity contribution in [3.63, 3.8) is 0 Å². The van der Waals surface area contributed by atoms with Crippen LogP contribution >= 0.6 is 0 Å². The molecule has 2 nitrogen and oxygen atoms in total. The molecule has 0 heterocycles. The second-order valence-corrected chi connectivity index (χ2v) is 4.42. The van der Waals surface area contributed by atoms with Gasteiger partial charge in [-0.3, -0.25) is 0 Å². The average Bonchev–Trinajstić information content (AvgIpc) is 2.46. The maximum Gasteiger partial charge on any atom is 0.118 e. The molecule has 0 bridgehead atoms. The van der Waals surface area contributed by atoms with Crippen molar-refractivity contribution in [2.45, 2.75) is 25.7 Å². The van der Waals surface area contributed by atoms with E-state index >= 15 is 0 Å². The highest BCUT2D eigenvalue weighted by Gasteiger charge is 2.08. The van der Waals surface area contributed by atoms with Gasteiger partial charge in [-0.05, 0) is 55.0 Å². The highest BCUT2D eigenvalue weighted by molar-refractivity contribution is 5.64. The third-order valence-corrected chi connectivity index (χ3v) is 3.18. The summed E-state index contributed by atoms with van der Waals surface area (Å²) < 4.78 is 5.12. The Kier molecular flexibility index (Phi) is 4.20. The van der Waals surface area contributed by atoms with Gasteiger partial charge in [0.15, 0.2) is 0 Å². The largest absolute Gasteiger partial charge is 0.497 e. The summed E-state index contributed by atoms with van der Waals surface area (Å²) >= 11 is 0. The number of hydrogen-bond donors (Lipinski definition) is 0. The lowest BCUT2D eigenvalue weighted by atomic mass is 9.93. The number of nitrogens with zero attached hydrogens (tertiary/aromatic N) is 1. The van der Waals surface area contributed by atoms with Gasteiger partial charge >= 0.3 is 0 Å². The summed E-state index contributed by atoms with van der Waals surface area (Å²) in [4.78, 5) is 0. The van der Waals surface area contributed by atoms with Gasteiger partial charge in [0.05, 0.1) is 18.8 Å². The van der Waals surface area contributed by atoms with Crippen LogP contribution in [0.4, 0.5) is 0 Å². The Hall–Kier alpha value is -2.01. The molecule has 0 N–H and O–H groups in total. The molecule has 0 atom stereocenters. The van der Waals surface area contributed by atoms with Crippen LogP contribution in [0.3, 0.4) is 0 Å². The molecule has 0 amide bonds. The van der Waals surface area contributed by atoms with E-state index in [1.807, 2.05) is 30.3 Å². The molecule has 0 aliphatic heterocycles. The molecule has 0 aromatic heterocycles. The summed E-state index contributed by atoms with van der Waals surface area (Å²) in [5.74, 6) is 0.836. The first-order chi connectivity index (χ1) is 8.83. The van der Waals surface area contributed by atoms with E-state index < -0.39 is 0 Å². The Bertz CT molecular complexity index is 503. The lowest BCUT2D eigenvalue weighted by Crippen LogP contribution is -1.94. The quantitative estimate of drug-likeness (QED) is 0.744. The summed E-state index contributed by atoms with van der Waals surface area (Å²) in [6, 6.07) is 10.1. The summed E-state index contributed by atoms with van der Waals surface area (Å²) in [7, 11) is 1.65. The van der Waals surface area contributed by atoms with Crippen molar-refractivity contribution in [2.24, 2.45) is 0 Å². The van der Waals surface area contributed by atoms with E-state index in [4.69, 9.17) is 4.74 Å². The standard InChI is InChI=1S/C16H17NO/c1-18-16-9-7-13(8-10-16)11-15(12-17)14-5-3-2-4-6-14/h5,7-11H,2-4,6H2,1H3/b15-11+. The molecule has 2 heteroatoms. The zero-order valence-electron chi connectivity index (χ0n) is 10.6. The Morgan fingerprint density at radius 2 is 2.06 bits per heavy atom. The smallest absolute Gasteiger partial charge is 0.118 e. The topological polar surface area (TPSA) is 33.0 Å². The van der Waals surface area contributed by atoms with Gasteiger partial charge in [-0.1, -0.05) is 18.2 Å². The predicted octanol–water partition coefficient (Wildman–Crippen LogP) is 4.10. The molecule has 0 radical (unpaired) electrons. The minimum Gasteiger partial charge on any atom is -0.497 e. The molecule has 0 fully saturated rings. The number of rotatable bonds is 3. The van der Waals surface area contributed by atoms with Crippen molar-refractivity contribution in [1.82, 2.24) is 0 Å². The van der Waals surface area contributed by atoms with E-state index in [9.17, 15) is 5.26 Å². The Morgan fingerprint density at radius 3 is 2.61 bits per heavy atom. The zero-order chi connectivity index (χ0) is 12.8. The third-order valence-electron chi connectivity index (χ3n) is 3.18. The molecule has 2 rings (SSSR count). The van der Waals surface area contributed by atoms with Crippen LogP contribution in [0.1, 0.15) is 31.2 Å². The van der Waals surface area contributed by atoms with Crippen LogP contribution in [-0.4, -0.2) is 7.11 Å². The van der Waals surface area contributed by atoms with Crippen LogP contribution in [0.15, 0.2) is 41.5 Å². The number of nitriles is 1. The minimum atomic E-state index is 0.792. The molecule has 0 saturated carbocycles. The van der Waals surface area contributed by atoms with Gasteiger partial charge < -0.3 is 4.74 Å². The van der Waals surface area contributed by atoms with E-state index in [0.717, 1.165) is 29.7 Å². The van der Waals surface area contributed by atoms with Crippen molar-refractivity contribution < 1.29 is 4.74 Å². The van der Waals surface area contributed by atoms with Gasteiger partial charge in [-0.15, -0.1) is 0 Å². The number of ether oxygens (including phenoxy) is 1. The van der Waals surface area contributed by atoms with Crippen LogP contribution in [0.5, 0.6) is 5.75 Å². The maximum absolute atomic E-state index is 9.26. The van der Waals surface area contributed by atoms with E-state index in [-0.39, 0.29) is 0 Å². The summed E-state index contributed by atoms with van der Waals surface area (Å²) in [6.45, 7) is 0. The molecule has 0 unspecified atom stereocenters. The van der Waals surface area contributed by atoms with Crippen molar-refractivity contribution in [1.29, 1.82) is 5.26 Å². The number of benzene rings is 1. The molecule has 1 aromatic rings. The molecular formula is C16H17NO. The lowest BCUT2D eigenvalue weighted by Gasteiger charge is -2.11. The fraction of sp³-hybridized carbons (Fsp3) is 0.312. The minimum absolute atomic E-state index is 0.792. The van der Waals surface area contributed by atoms with Crippen LogP contribution in [0.2, 0.25) is 0 Å². The molecule has 1 aliphatic rings. The van der Waals surface area contributed by atoms with Crippen molar-refractivity contribution >= 4 is 6.08 Å². The van der Waals surface area contributed by atoms with Gasteiger partial charge in [0.25, 0.3) is 0 Å². The second-order valence-electron chi connectivity index (χ2n) is 4.42. The van der Waals surface area contributed by atoms with Crippen LogP contribution in [0.25, 0.3) is 6.08 Å². The van der Waals surface area contributed by atoms with Gasteiger partial charge in [0, 0.05) is 0 Å². The monoisotopic (exact) mass is 239 g/mol. The van der Waals surface area contributed by atoms with E-state index in [1.54, 1.807) is 7.11 Å². The summed E-state index contributed by atoms with van der Waals surface area (Å²) in [5.41, 5.74) is 3.03.